The summed E-state index contributed by atoms with van der Waals surface area (Å²) >= 11 is 0. The molecule has 6 rings (SSSR count). The number of fused-ring (bicyclic) bond motifs is 3. The topological polar surface area (TPSA) is 123 Å². The summed E-state index contributed by atoms with van der Waals surface area (Å²) in [6.45, 7) is 0. The average Bonchev–Trinajstić information content (AvgIpc) is 3.39. The van der Waals surface area contributed by atoms with Gasteiger partial charge in [0.05, 0.1) is 24.1 Å². The fourth-order valence-corrected chi connectivity index (χ4v) is 6.51. The average molecular weight is 586 g/mol. The quantitative estimate of drug-likeness (QED) is 0.145. The second-order valence-electron chi connectivity index (χ2n) is 10.7. The molecule has 9 nitrogen and oxygen atoms in total. The Hall–Kier alpha value is -5.75. The minimum Gasteiger partial charge on any atom is -0.468 e. The van der Waals surface area contributed by atoms with Crippen molar-refractivity contribution in [3.8, 4) is 6.07 Å². The number of carbonyl (C=O) groups excluding carboxylic acids is 2. The van der Waals surface area contributed by atoms with Crippen LogP contribution in [0.3, 0.4) is 0 Å². The van der Waals surface area contributed by atoms with Crippen molar-refractivity contribution in [3.63, 3.8) is 0 Å². The Kier molecular flexibility index (Phi) is 7.41. The van der Waals surface area contributed by atoms with Gasteiger partial charge < -0.3 is 14.4 Å². The Balaban J connectivity index is 1.54. The Bertz CT molecular complexity index is 1750. The smallest absolute Gasteiger partial charge is 0.330 e. The molecule has 0 amide bonds. The predicted molar refractivity (Wildman–Crippen MR) is 161 cm³/mol. The molecule has 2 aliphatic rings. The van der Waals surface area contributed by atoms with Crippen LogP contribution in [0.1, 0.15) is 45.9 Å². The third-order valence-corrected chi connectivity index (χ3v) is 8.43. The first-order chi connectivity index (χ1) is 21.4. The van der Waals surface area contributed by atoms with Crippen molar-refractivity contribution < 1.29 is 24.0 Å². The molecule has 2 aliphatic heterocycles. The number of esters is 2. The lowest BCUT2D eigenvalue weighted by molar-refractivity contribution is -0.384. The molecule has 0 unspecified atom stereocenters. The number of nitro groups is 1. The van der Waals surface area contributed by atoms with E-state index in [4.69, 9.17) is 9.47 Å². The van der Waals surface area contributed by atoms with E-state index >= 15 is 0 Å². The van der Waals surface area contributed by atoms with E-state index in [-0.39, 0.29) is 5.69 Å². The molecule has 4 aromatic rings. The minimum absolute atomic E-state index is 0.164. The number of hydrogen-bond acceptors (Lipinski definition) is 8. The molecule has 0 aliphatic carbocycles. The standard InChI is InChI=1S/C35H27N3O6/c1-43-34(40)35(22-36)29(24-16-18-27(19-17-24)38(41)42)30(37-21-20-23-10-8-9-15-28(23)32(35)37)33(39)44-31(25-11-4-2-5-12-25)26-13-6-3-7-14-26/h2-21,29-32H,1H3/t29-,30+,32+,35-/m0/s1. The number of benzene rings is 4. The van der Waals surface area contributed by atoms with Gasteiger partial charge in [0.15, 0.2) is 11.5 Å². The molecule has 0 radical (unpaired) electrons. The maximum Gasteiger partial charge on any atom is 0.330 e. The maximum atomic E-state index is 14.6. The van der Waals surface area contributed by atoms with Gasteiger partial charge in [0.2, 0.25) is 0 Å². The monoisotopic (exact) mass is 585 g/mol. The fourth-order valence-electron chi connectivity index (χ4n) is 6.51. The fraction of sp³-hybridized carbons (Fsp3) is 0.171. The summed E-state index contributed by atoms with van der Waals surface area (Å²) < 4.78 is 11.6. The summed E-state index contributed by atoms with van der Waals surface area (Å²) in [5.74, 6) is -2.59. The zero-order chi connectivity index (χ0) is 30.8. The second-order valence-corrected chi connectivity index (χ2v) is 10.7. The number of ether oxygens (including phenoxy) is 2. The summed E-state index contributed by atoms with van der Waals surface area (Å²) in [4.78, 5) is 41.1. The van der Waals surface area contributed by atoms with Crippen LogP contribution in [0.25, 0.3) is 6.08 Å². The maximum absolute atomic E-state index is 14.6. The van der Waals surface area contributed by atoms with Gasteiger partial charge in [-0.2, -0.15) is 5.26 Å². The third kappa shape index (κ3) is 4.57. The molecule has 1 fully saturated rings. The van der Waals surface area contributed by atoms with Crippen LogP contribution in [0, 0.1) is 26.9 Å². The molecular weight excluding hydrogens is 558 g/mol. The lowest BCUT2D eigenvalue weighted by Gasteiger charge is -2.35. The van der Waals surface area contributed by atoms with Crippen molar-refractivity contribution in [2.75, 3.05) is 7.11 Å². The van der Waals surface area contributed by atoms with Gasteiger partial charge in [0.25, 0.3) is 5.69 Å². The van der Waals surface area contributed by atoms with Crippen LogP contribution in [0.15, 0.2) is 115 Å². The molecule has 218 valence electrons. The van der Waals surface area contributed by atoms with Gasteiger partial charge >= 0.3 is 11.9 Å². The normalized spacial score (nSPS) is 21.6. The first-order valence-electron chi connectivity index (χ1n) is 14.0. The summed E-state index contributed by atoms with van der Waals surface area (Å²) in [6.07, 6.45) is 2.76. The number of methoxy groups -OCH3 is 1. The Morgan fingerprint density at radius 3 is 2.07 bits per heavy atom. The minimum atomic E-state index is -1.91. The van der Waals surface area contributed by atoms with Crippen molar-refractivity contribution >= 4 is 23.7 Å². The van der Waals surface area contributed by atoms with E-state index in [1.807, 2.05) is 91.0 Å². The summed E-state index contributed by atoms with van der Waals surface area (Å²) in [7, 11) is 1.20. The lowest BCUT2D eigenvalue weighted by atomic mass is 9.67. The van der Waals surface area contributed by atoms with Crippen molar-refractivity contribution in [1.29, 1.82) is 5.26 Å². The summed E-state index contributed by atoms with van der Waals surface area (Å²) in [6, 6.07) is 31.7. The van der Waals surface area contributed by atoms with Crippen LogP contribution < -0.4 is 0 Å². The molecule has 44 heavy (non-hydrogen) atoms. The largest absolute Gasteiger partial charge is 0.468 e. The van der Waals surface area contributed by atoms with Gasteiger partial charge in [0.1, 0.15) is 6.04 Å². The Morgan fingerprint density at radius 1 is 0.909 bits per heavy atom. The second kappa shape index (κ2) is 11.5. The van der Waals surface area contributed by atoms with Crippen LogP contribution in [-0.4, -0.2) is 34.9 Å². The van der Waals surface area contributed by atoms with E-state index < -0.39 is 46.4 Å². The van der Waals surface area contributed by atoms with Gasteiger partial charge in [-0.25, -0.2) is 4.79 Å². The predicted octanol–water partition coefficient (Wildman–Crippen LogP) is 6.10. The van der Waals surface area contributed by atoms with Gasteiger partial charge in [-0.3, -0.25) is 14.9 Å². The molecule has 2 heterocycles. The van der Waals surface area contributed by atoms with Gasteiger partial charge in [-0.05, 0) is 33.9 Å². The number of carbonyl (C=O) groups is 2. The Morgan fingerprint density at radius 2 is 1.50 bits per heavy atom. The van der Waals surface area contributed by atoms with Crippen LogP contribution in [0.2, 0.25) is 0 Å². The molecular formula is C35H27N3O6. The number of nitriles is 1. The van der Waals surface area contributed by atoms with Crippen molar-refractivity contribution in [2.45, 2.75) is 24.1 Å². The highest BCUT2D eigenvalue weighted by Crippen LogP contribution is 2.60. The highest BCUT2D eigenvalue weighted by Gasteiger charge is 2.68. The third-order valence-electron chi connectivity index (χ3n) is 8.43. The highest BCUT2D eigenvalue weighted by atomic mass is 16.6. The molecule has 0 aromatic heterocycles. The number of rotatable bonds is 7. The van der Waals surface area contributed by atoms with E-state index in [2.05, 4.69) is 6.07 Å². The number of non-ortho nitro benzene ring substituents is 1. The number of hydrogen-bond donors (Lipinski definition) is 0. The van der Waals surface area contributed by atoms with Crippen molar-refractivity contribution in [1.82, 2.24) is 4.90 Å². The van der Waals surface area contributed by atoms with Gasteiger partial charge in [-0.15, -0.1) is 0 Å². The first kappa shape index (κ1) is 28.4. The number of nitrogens with zero attached hydrogens (tertiary/aromatic N) is 3. The van der Waals surface area contributed by atoms with Crippen LogP contribution in [-0.2, 0) is 19.1 Å². The van der Waals surface area contributed by atoms with E-state index in [0.717, 1.165) is 16.7 Å². The van der Waals surface area contributed by atoms with Crippen molar-refractivity contribution in [2.24, 2.45) is 5.41 Å². The first-order valence-corrected chi connectivity index (χ1v) is 14.0. The van der Waals surface area contributed by atoms with Crippen molar-refractivity contribution in [3.05, 3.63) is 153 Å². The van der Waals surface area contributed by atoms with Gasteiger partial charge in [-0.1, -0.05) is 97.1 Å². The molecule has 0 N–H and O–H groups in total. The zero-order valence-corrected chi connectivity index (χ0v) is 23.6. The van der Waals surface area contributed by atoms with E-state index in [0.29, 0.717) is 11.1 Å². The molecule has 4 atom stereocenters. The van der Waals surface area contributed by atoms with Crippen LogP contribution in [0.4, 0.5) is 5.69 Å². The molecule has 0 bridgehead atoms. The highest BCUT2D eigenvalue weighted by molar-refractivity contribution is 5.90. The van der Waals surface area contributed by atoms with Gasteiger partial charge in [0, 0.05) is 24.3 Å². The van der Waals surface area contributed by atoms with E-state index in [9.17, 15) is 25.0 Å². The molecule has 0 spiro atoms. The number of nitro benzene ring substituents is 1. The molecule has 9 heteroatoms. The summed E-state index contributed by atoms with van der Waals surface area (Å²) in [5.41, 5.74) is 1.26. The van der Waals surface area contributed by atoms with Crippen LogP contribution in [0.5, 0.6) is 0 Å². The molecule has 1 saturated heterocycles. The zero-order valence-electron chi connectivity index (χ0n) is 23.6. The lowest BCUT2D eigenvalue weighted by Crippen LogP contribution is -2.41. The van der Waals surface area contributed by atoms with E-state index in [1.54, 1.807) is 11.1 Å². The molecule has 0 saturated carbocycles. The van der Waals surface area contributed by atoms with E-state index in [1.165, 1.54) is 31.4 Å². The Labute approximate surface area is 253 Å². The molecule has 4 aromatic carbocycles. The summed E-state index contributed by atoms with van der Waals surface area (Å²) in [5, 5.41) is 22.4. The van der Waals surface area contributed by atoms with Crippen LogP contribution >= 0.6 is 0 Å². The SMILES string of the molecule is COC(=O)[C@@]1(C#N)[C@@H](c2ccc([N+](=O)[O-])cc2)[C@H](C(=O)OC(c2ccccc2)c2ccccc2)N2C=Cc3ccccc3[C@@H]21.